The molecule has 0 heterocycles. The number of hydrogen-bond acceptors (Lipinski definition) is 6. The lowest BCUT2D eigenvalue weighted by molar-refractivity contribution is -0.112. The van der Waals surface area contributed by atoms with E-state index in [0.717, 1.165) is 11.1 Å². The standard InChI is InChI=1S/C30H28N2O6/c1-4-6-23-15-21(16-24(18-31)29(33)32-25-11-13-26(14-12-25)37-5-2)17-27(36-3)28(23)38-19-20-7-9-22(10-8-20)30(34)35/h4,7-17H,1,5-6,19H2,2-3H3,(H,32,33)(H,34,35)/b24-16+. The van der Waals surface area contributed by atoms with Gasteiger partial charge in [0.2, 0.25) is 0 Å². The molecule has 0 aliphatic heterocycles. The predicted octanol–water partition coefficient (Wildman–Crippen LogP) is 5.65. The highest BCUT2D eigenvalue weighted by atomic mass is 16.5. The van der Waals surface area contributed by atoms with Crippen molar-refractivity contribution < 1.29 is 28.9 Å². The molecule has 194 valence electrons. The van der Waals surface area contributed by atoms with Crippen LogP contribution in [0.3, 0.4) is 0 Å². The molecule has 3 rings (SSSR count). The van der Waals surface area contributed by atoms with Crippen LogP contribution in [0.4, 0.5) is 5.69 Å². The second-order valence-electron chi connectivity index (χ2n) is 8.08. The van der Waals surface area contributed by atoms with Gasteiger partial charge in [-0.2, -0.15) is 5.26 Å². The zero-order valence-electron chi connectivity index (χ0n) is 21.2. The van der Waals surface area contributed by atoms with E-state index in [1.54, 1.807) is 54.6 Å². The van der Waals surface area contributed by atoms with Crippen molar-refractivity contribution >= 4 is 23.6 Å². The van der Waals surface area contributed by atoms with Crippen molar-refractivity contribution in [2.75, 3.05) is 19.0 Å². The Balaban J connectivity index is 1.83. The summed E-state index contributed by atoms with van der Waals surface area (Å²) < 4.78 is 17.0. The van der Waals surface area contributed by atoms with Crippen LogP contribution >= 0.6 is 0 Å². The van der Waals surface area contributed by atoms with Crippen molar-refractivity contribution in [2.45, 2.75) is 20.0 Å². The first kappa shape index (κ1) is 27.6. The Hall–Kier alpha value is -5.03. The number of nitrogens with one attached hydrogen (secondary N) is 1. The number of nitriles is 1. The summed E-state index contributed by atoms with van der Waals surface area (Å²) in [5.74, 6) is 0.0427. The summed E-state index contributed by atoms with van der Waals surface area (Å²) in [4.78, 5) is 23.9. The molecule has 0 unspecified atom stereocenters. The molecular formula is C30H28N2O6. The van der Waals surface area contributed by atoms with Crippen molar-refractivity contribution in [3.05, 3.63) is 101 Å². The predicted molar refractivity (Wildman–Crippen MR) is 144 cm³/mol. The van der Waals surface area contributed by atoms with E-state index in [2.05, 4.69) is 11.9 Å². The maximum absolute atomic E-state index is 12.8. The molecule has 8 nitrogen and oxygen atoms in total. The summed E-state index contributed by atoms with van der Waals surface area (Å²) in [6.45, 7) is 6.41. The first-order chi connectivity index (χ1) is 18.4. The van der Waals surface area contributed by atoms with E-state index >= 15 is 0 Å². The number of carboxylic acid groups (broad SMARTS) is 1. The maximum atomic E-state index is 12.8. The van der Waals surface area contributed by atoms with E-state index in [-0.39, 0.29) is 17.7 Å². The summed E-state index contributed by atoms with van der Waals surface area (Å²) in [6.07, 6.45) is 3.64. The highest BCUT2D eigenvalue weighted by molar-refractivity contribution is 6.09. The van der Waals surface area contributed by atoms with Gasteiger partial charge in [0, 0.05) is 11.3 Å². The Morgan fingerprint density at radius 3 is 2.37 bits per heavy atom. The van der Waals surface area contributed by atoms with Gasteiger partial charge >= 0.3 is 5.97 Å². The third-order valence-corrected chi connectivity index (χ3v) is 5.42. The number of nitrogens with zero attached hydrogens (tertiary/aromatic N) is 1. The maximum Gasteiger partial charge on any atom is 0.335 e. The normalized spacial score (nSPS) is 10.7. The number of carboxylic acids is 1. The molecule has 0 aliphatic carbocycles. The lowest BCUT2D eigenvalue weighted by Crippen LogP contribution is -2.13. The topological polar surface area (TPSA) is 118 Å². The molecule has 0 aromatic heterocycles. The van der Waals surface area contributed by atoms with Crippen LogP contribution in [0.2, 0.25) is 0 Å². The molecule has 8 heteroatoms. The number of aromatic carboxylic acids is 1. The number of carbonyl (C=O) groups excluding carboxylic acids is 1. The number of anilines is 1. The Labute approximate surface area is 221 Å². The number of carbonyl (C=O) groups is 2. The van der Waals surface area contributed by atoms with E-state index < -0.39 is 11.9 Å². The zero-order chi connectivity index (χ0) is 27.5. The minimum absolute atomic E-state index is 0.0855. The molecule has 0 saturated carbocycles. The number of methoxy groups -OCH3 is 1. The molecule has 0 aliphatic rings. The number of ether oxygens (including phenoxy) is 3. The monoisotopic (exact) mass is 512 g/mol. The highest BCUT2D eigenvalue weighted by Gasteiger charge is 2.15. The van der Waals surface area contributed by atoms with Crippen molar-refractivity contribution in [1.82, 2.24) is 0 Å². The molecule has 1 amide bonds. The number of rotatable bonds is 12. The number of hydrogen-bond donors (Lipinski definition) is 2. The van der Waals surface area contributed by atoms with E-state index in [9.17, 15) is 14.9 Å². The first-order valence-corrected chi connectivity index (χ1v) is 11.8. The molecule has 3 aromatic rings. The molecule has 3 aromatic carbocycles. The average molecular weight is 513 g/mol. The Morgan fingerprint density at radius 2 is 1.79 bits per heavy atom. The van der Waals surface area contributed by atoms with Crippen LogP contribution in [-0.4, -0.2) is 30.7 Å². The molecule has 0 saturated heterocycles. The summed E-state index contributed by atoms with van der Waals surface area (Å²) in [5.41, 5.74) is 2.74. The largest absolute Gasteiger partial charge is 0.494 e. The van der Waals surface area contributed by atoms with Gasteiger partial charge in [0.25, 0.3) is 5.91 Å². The first-order valence-electron chi connectivity index (χ1n) is 11.8. The number of allylic oxidation sites excluding steroid dienone is 1. The molecule has 0 bridgehead atoms. The highest BCUT2D eigenvalue weighted by Crippen LogP contribution is 2.35. The van der Waals surface area contributed by atoms with Gasteiger partial charge in [-0.15, -0.1) is 6.58 Å². The van der Waals surface area contributed by atoms with Gasteiger partial charge in [0.1, 0.15) is 24.0 Å². The van der Waals surface area contributed by atoms with Gasteiger partial charge in [-0.05, 0) is 79.1 Å². The third kappa shape index (κ3) is 7.24. The quantitative estimate of drug-likeness (QED) is 0.183. The molecule has 0 spiro atoms. The van der Waals surface area contributed by atoms with Crippen LogP contribution < -0.4 is 19.5 Å². The van der Waals surface area contributed by atoms with E-state index in [1.165, 1.54) is 25.3 Å². The molecule has 0 radical (unpaired) electrons. The van der Waals surface area contributed by atoms with Crippen LogP contribution in [0.5, 0.6) is 17.2 Å². The van der Waals surface area contributed by atoms with Crippen molar-refractivity contribution in [3.63, 3.8) is 0 Å². The minimum Gasteiger partial charge on any atom is -0.494 e. The fourth-order valence-electron chi connectivity index (χ4n) is 3.60. The van der Waals surface area contributed by atoms with E-state index in [4.69, 9.17) is 19.3 Å². The van der Waals surface area contributed by atoms with Gasteiger partial charge in [0.15, 0.2) is 11.5 Å². The van der Waals surface area contributed by atoms with E-state index in [1.807, 2.05) is 13.0 Å². The molecule has 0 atom stereocenters. The van der Waals surface area contributed by atoms with Crippen LogP contribution in [0.15, 0.2) is 78.9 Å². The van der Waals surface area contributed by atoms with Gasteiger partial charge < -0.3 is 24.6 Å². The lowest BCUT2D eigenvalue weighted by Gasteiger charge is -2.16. The smallest absolute Gasteiger partial charge is 0.335 e. The Bertz CT molecular complexity index is 1370. The van der Waals surface area contributed by atoms with E-state index in [0.29, 0.717) is 41.5 Å². The third-order valence-electron chi connectivity index (χ3n) is 5.42. The molecule has 2 N–H and O–H groups in total. The van der Waals surface area contributed by atoms with Crippen LogP contribution in [-0.2, 0) is 17.8 Å². The zero-order valence-corrected chi connectivity index (χ0v) is 21.2. The van der Waals surface area contributed by atoms with Gasteiger partial charge in [-0.1, -0.05) is 18.2 Å². The average Bonchev–Trinajstić information content (AvgIpc) is 2.92. The summed E-state index contributed by atoms with van der Waals surface area (Å²) in [6, 6.07) is 18.7. The fourth-order valence-corrected chi connectivity index (χ4v) is 3.60. The van der Waals surface area contributed by atoms with Crippen LogP contribution in [0.25, 0.3) is 6.08 Å². The van der Waals surface area contributed by atoms with Crippen molar-refractivity contribution in [2.24, 2.45) is 0 Å². The van der Waals surface area contributed by atoms with Gasteiger partial charge in [0.05, 0.1) is 19.3 Å². The SMILES string of the molecule is C=CCc1cc(/C=C(\C#N)C(=O)Nc2ccc(OCC)cc2)cc(OC)c1OCc1ccc(C(=O)O)cc1. The lowest BCUT2D eigenvalue weighted by atomic mass is 10.0. The Morgan fingerprint density at radius 1 is 1.08 bits per heavy atom. The van der Waals surface area contributed by atoms with Gasteiger partial charge in [-0.25, -0.2) is 4.79 Å². The number of amides is 1. The molecule has 38 heavy (non-hydrogen) atoms. The van der Waals surface area contributed by atoms with Crippen LogP contribution in [0.1, 0.15) is 34.0 Å². The fraction of sp³-hybridized carbons (Fsp3) is 0.167. The van der Waals surface area contributed by atoms with Crippen molar-refractivity contribution in [3.8, 4) is 23.3 Å². The second kappa shape index (κ2) is 13.3. The minimum atomic E-state index is -0.999. The Kier molecular flexibility index (Phi) is 9.66. The summed E-state index contributed by atoms with van der Waals surface area (Å²) in [5, 5.41) is 21.5. The number of benzene rings is 3. The van der Waals surface area contributed by atoms with Gasteiger partial charge in [-0.3, -0.25) is 4.79 Å². The second-order valence-corrected chi connectivity index (χ2v) is 8.08. The molecule has 0 fully saturated rings. The van der Waals surface area contributed by atoms with Crippen molar-refractivity contribution in [1.29, 1.82) is 5.26 Å². The summed E-state index contributed by atoms with van der Waals surface area (Å²) >= 11 is 0. The van der Waals surface area contributed by atoms with Crippen LogP contribution in [0, 0.1) is 11.3 Å². The molecular weight excluding hydrogens is 484 g/mol. The summed E-state index contributed by atoms with van der Waals surface area (Å²) in [7, 11) is 1.50.